The Labute approximate surface area is 176 Å². The van der Waals surface area contributed by atoms with Crippen molar-refractivity contribution in [2.45, 2.75) is 10.9 Å². The molecule has 3 rings (SSSR count). The molecule has 0 aliphatic carbocycles. The lowest BCUT2D eigenvalue weighted by atomic mass is 10.1. The van der Waals surface area contributed by atoms with Gasteiger partial charge in [0.05, 0.1) is 11.4 Å². The Hall–Kier alpha value is -1.52. The highest BCUT2D eigenvalue weighted by atomic mass is 35.5. The van der Waals surface area contributed by atoms with Crippen LogP contribution in [0.25, 0.3) is 11.1 Å². The molecule has 2 N–H and O–H groups in total. The van der Waals surface area contributed by atoms with Crippen molar-refractivity contribution in [1.82, 2.24) is 4.72 Å². The number of hydrogen-bond acceptors (Lipinski definition) is 6. The molecule has 10 heteroatoms. The second-order valence-electron chi connectivity index (χ2n) is 5.85. The van der Waals surface area contributed by atoms with Crippen LogP contribution in [0.3, 0.4) is 0 Å². The minimum Gasteiger partial charge on any atom is -0.480 e. The van der Waals surface area contributed by atoms with E-state index >= 15 is 0 Å². The van der Waals surface area contributed by atoms with E-state index in [0.29, 0.717) is 11.6 Å². The number of benzene rings is 2. The molecule has 0 saturated carbocycles. The van der Waals surface area contributed by atoms with Crippen LogP contribution in [0.2, 0.25) is 5.02 Å². The first kappa shape index (κ1) is 21.2. The van der Waals surface area contributed by atoms with Gasteiger partial charge in [-0.25, -0.2) is 8.42 Å². The number of nitrogens with zero attached hydrogens (tertiary/aromatic N) is 1. The molecule has 28 heavy (non-hydrogen) atoms. The Kier molecular flexibility index (Phi) is 7.05. The maximum absolute atomic E-state index is 12.6. The molecule has 2 aromatic carbocycles. The maximum Gasteiger partial charge on any atom is 0.322 e. The summed E-state index contributed by atoms with van der Waals surface area (Å²) in [5, 5.41) is 9.99. The van der Waals surface area contributed by atoms with Gasteiger partial charge in [0, 0.05) is 16.5 Å². The van der Waals surface area contributed by atoms with Crippen molar-refractivity contribution in [2.24, 2.45) is 4.99 Å². The summed E-state index contributed by atoms with van der Waals surface area (Å²) in [5.74, 6) is -0.285. The van der Waals surface area contributed by atoms with Crippen LogP contribution in [0.15, 0.2) is 58.4 Å². The Morgan fingerprint density at radius 1 is 1.18 bits per heavy atom. The Morgan fingerprint density at radius 2 is 1.79 bits per heavy atom. The van der Waals surface area contributed by atoms with Crippen molar-refractivity contribution in [1.29, 1.82) is 0 Å². The fourth-order valence-corrected chi connectivity index (χ4v) is 5.90. The number of hydrogen-bond donors (Lipinski definition) is 2. The number of nitrogens with one attached hydrogen (secondary N) is 1. The molecule has 0 saturated heterocycles. The first-order chi connectivity index (χ1) is 13.3. The number of carbonyl (C=O) groups is 1. The summed E-state index contributed by atoms with van der Waals surface area (Å²) >= 11 is 8.68. The zero-order valence-electron chi connectivity index (χ0n) is 14.5. The molecular formula is C18H17ClN2O4S3. The zero-order chi connectivity index (χ0) is 20.1. The predicted molar refractivity (Wildman–Crippen MR) is 116 cm³/mol. The SMILES string of the molecule is O=C(O)C(CSC1=NCCS1)NS(=O)(=O)c1ccc(-c2ccc(Cl)cc2)cc1. The van der Waals surface area contributed by atoms with E-state index in [1.807, 2.05) is 12.1 Å². The highest BCUT2D eigenvalue weighted by Crippen LogP contribution is 2.25. The van der Waals surface area contributed by atoms with E-state index in [-0.39, 0.29) is 10.6 Å². The van der Waals surface area contributed by atoms with Gasteiger partial charge in [-0.3, -0.25) is 9.79 Å². The van der Waals surface area contributed by atoms with Crippen LogP contribution in [0.5, 0.6) is 0 Å². The molecule has 2 aromatic rings. The lowest BCUT2D eigenvalue weighted by Gasteiger charge is -2.14. The van der Waals surface area contributed by atoms with Crippen LogP contribution in [0.4, 0.5) is 0 Å². The van der Waals surface area contributed by atoms with Crippen molar-refractivity contribution in [3.8, 4) is 11.1 Å². The van der Waals surface area contributed by atoms with Crippen molar-refractivity contribution in [2.75, 3.05) is 18.1 Å². The summed E-state index contributed by atoms with van der Waals surface area (Å²) in [6, 6.07) is 12.2. The zero-order valence-corrected chi connectivity index (χ0v) is 17.7. The van der Waals surface area contributed by atoms with Crippen LogP contribution in [0.1, 0.15) is 0 Å². The first-order valence-electron chi connectivity index (χ1n) is 8.26. The third kappa shape index (κ3) is 5.51. The molecule has 0 amide bonds. The molecule has 0 bridgehead atoms. The number of carboxylic acids is 1. The van der Waals surface area contributed by atoms with Gasteiger partial charge >= 0.3 is 5.97 Å². The van der Waals surface area contributed by atoms with E-state index in [0.717, 1.165) is 21.3 Å². The van der Waals surface area contributed by atoms with Gasteiger partial charge in [0.25, 0.3) is 0 Å². The van der Waals surface area contributed by atoms with E-state index in [2.05, 4.69) is 9.71 Å². The molecule has 1 unspecified atom stereocenters. The van der Waals surface area contributed by atoms with Crippen molar-refractivity contribution >= 4 is 55.5 Å². The van der Waals surface area contributed by atoms with Gasteiger partial charge in [0.2, 0.25) is 10.0 Å². The molecule has 0 fully saturated rings. The summed E-state index contributed by atoms with van der Waals surface area (Å²) in [7, 11) is -3.97. The minimum atomic E-state index is -3.97. The largest absolute Gasteiger partial charge is 0.480 e. The molecule has 0 radical (unpaired) electrons. The van der Waals surface area contributed by atoms with Crippen molar-refractivity contribution < 1.29 is 18.3 Å². The molecule has 1 aliphatic heterocycles. The van der Waals surface area contributed by atoms with Gasteiger partial charge in [0.1, 0.15) is 10.4 Å². The highest BCUT2D eigenvalue weighted by molar-refractivity contribution is 8.39. The predicted octanol–water partition coefficient (Wildman–Crippen LogP) is 3.57. The Bertz CT molecular complexity index is 977. The van der Waals surface area contributed by atoms with Crippen molar-refractivity contribution in [3.05, 3.63) is 53.6 Å². The molecule has 1 heterocycles. The number of aliphatic imine (C=N–C) groups is 1. The Balaban J connectivity index is 1.71. The molecule has 0 spiro atoms. The number of sulfonamides is 1. The van der Waals surface area contributed by atoms with Crippen LogP contribution in [0, 0.1) is 0 Å². The smallest absolute Gasteiger partial charge is 0.322 e. The van der Waals surface area contributed by atoms with E-state index in [1.165, 1.54) is 23.9 Å². The third-order valence-electron chi connectivity index (χ3n) is 3.87. The standard InChI is InChI=1S/C18H17ClN2O4S3/c19-14-5-1-12(2-6-14)13-3-7-15(8-4-13)28(24,25)21-16(17(22)23)11-27-18-20-9-10-26-18/h1-8,16,21H,9-11H2,(H,22,23). The van der Waals surface area contributed by atoms with E-state index in [4.69, 9.17) is 11.6 Å². The van der Waals surface area contributed by atoms with Gasteiger partial charge < -0.3 is 5.11 Å². The molecule has 6 nitrogen and oxygen atoms in total. The summed E-state index contributed by atoms with van der Waals surface area (Å²) < 4.78 is 28.3. The van der Waals surface area contributed by atoms with Crippen LogP contribution in [-0.4, -0.2) is 48.0 Å². The van der Waals surface area contributed by atoms with Gasteiger partial charge in [-0.1, -0.05) is 59.4 Å². The first-order valence-corrected chi connectivity index (χ1v) is 12.1. The van der Waals surface area contributed by atoms with E-state index in [9.17, 15) is 18.3 Å². The molecular weight excluding hydrogens is 440 g/mol. The van der Waals surface area contributed by atoms with Gasteiger partial charge in [0.15, 0.2) is 0 Å². The number of carboxylic acid groups (broad SMARTS) is 1. The summed E-state index contributed by atoms with van der Waals surface area (Å²) in [6.07, 6.45) is 0. The van der Waals surface area contributed by atoms with Gasteiger partial charge in [-0.05, 0) is 35.4 Å². The average molecular weight is 457 g/mol. The van der Waals surface area contributed by atoms with Crippen LogP contribution >= 0.6 is 35.1 Å². The fraction of sp³-hybridized carbons (Fsp3) is 0.222. The van der Waals surface area contributed by atoms with Crippen molar-refractivity contribution in [3.63, 3.8) is 0 Å². The number of aliphatic carboxylic acids is 1. The molecule has 1 atom stereocenters. The van der Waals surface area contributed by atoms with E-state index in [1.54, 1.807) is 36.0 Å². The summed E-state index contributed by atoms with van der Waals surface area (Å²) in [6.45, 7) is 0.705. The maximum atomic E-state index is 12.6. The number of rotatable bonds is 7. The average Bonchev–Trinajstić information content (AvgIpc) is 3.19. The quantitative estimate of drug-likeness (QED) is 0.661. The minimum absolute atomic E-state index is 0.00838. The van der Waals surface area contributed by atoms with Gasteiger partial charge in [-0.15, -0.1) is 0 Å². The second-order valence-corrected chi connectivity index (χ2v) is 10.4. The van der Waals surface area contributed by atoms with Crippen LogP contribution in [-0.2, 0) is 14.8 Å². The van der Waals surface area contributed by atoms with E-state index < -0.39 is 22.0 Å². The topological polar surface area (TPSA) is 95.8 Å². The normalized spacial score (nSPS) is 15.2. The van der Waals surface area contributed by atoms with Crippen LogP contribution < -0.4 is 4.72 Å². The lowest BCUT2D eigenvalue weighted by molar-refractivity contribution is -0.138. The van der Waals surface area contributed by atoms with Gasteiger partial charge in [-0.2, -0.15) is 4.72 Å². The summed E-state index contributed by atoms with van der Waals surface area (Å²) in [5.41, 5.74) is 1.73. The molecule has 0 aromatic heterocycles. The Morgan fingerprint density at radius 3 is 2.32 bits per heavy atom. The molecule has 148 valence electrons. The second kappa shape index (κ2) is 9.32. The fourth-order valence-electron chi connectivity index (χ4n) is 2.44. The highest BCUT2D eigenvalue weighted by Gasteiger charge is 2.26. The lowest BCUT2D eigenvalue weighted by Crippen LogP contribution is -2.42. The number of halogens is 1. The monoisotopic (exact) mass is 456 g/mol. The number of thioether (sulfide) groups is 2. The third-order valence-corrected chi connectivity index (χ3v) is 7.95. The summed E-state index contributed by atoms with van der Waals surface area (Å²) in [4.78, 5) is 15.7. The molecule has 1 aliphatic rings.